The summed E-state index contributed by atoms with van der Waals surface area (Å²) in [7, 11) is 3.30. The first kappa shape index (κ1) is 15.8. The molecule has 106 valence electrons. The van der Waals surface area contributed by atoms with Crippen molar-refractivity contribution in [3.8, 4) is 0 Å². The summed E-state index contributed by atoms with van der Waals surface area (Å²) in [5, 5.41) is 0. The Morgan fingerprint density at radius 2 is 2.00 bits per heavy atom. The van der Waals surface area contributed by atoms with Crippen molar-refractivity contribution in [2.24, 2.45) is 0 Å². The van der Waals surface area contributed by atoms with Crippen LogP contribution in [0.3, 0.4) is 0 Å². The third-order valence-electron chi connectivity index (χ3n) is 2.27. The molecule has 2 N–H and O–H groups in total. The van der Waals surface area contributed by atoms with Crippen molar-refractivity contribution in [2.45, 2.75) is 18.1 Å². The highest BCUT2D eigenvalue weighted by Gasteiger charge is 2.27. The van der Waals surface area contributed by atoms with E-state index in [2.05, 4.69) is 0 Å². The van der Waals surface area contributed by atoms with Crippen molar-refractivity contribution < 1.29 is 14.3 Å². The van der Waals surface area contributed by atoms with Crippen LogP contribution in [0.5, 0.6) is 0 Å². The topological polar surface area (TPSA) is 72.6 Å². The van der Waals surface area contributed by atoms with Crippen molar-refractivity contribution in [3.05, 3.63) is 10.4 Å². The van der Waals surface area contributed by atoms with E-state index in [0.29, 0.717) is 10.4 Å². The Hall–Kier alpha value is -1.21. The third kappa shape index (κ3) is 3.42. The molecule has 0 spiro atoms. The van der Waals surface area contributed by atoms with E-state index < -0.39 is 5.97 Å². The minimum Gasteiger partial charge on any atom is -0.462 e. The first-order valence-corrected chi connectivity index (χ1v) is 7.68. The SMILES string of the molecule is CCOC(=O)c1c(SCC)sc(C(=O)N(C)C)c1N. The number of esters is 1. The zero-order chi connectivity index (χ0) is 14.6. The Balaban J connectivity index is 3.27. The molecular formula is C12H18N2O3S2. The molecule has 0 saturated carbocycles. The second-order valence-corrected chi connectivity index (χ2v) is 6.41. The van der Waals surface area contributed by atoms with E-state index in [9.17, 15) is 9.59 Å². The number of nitrogens with two attached hydrogens (primary N) is 1. The predicted octanol–water partition coefficient (Wildman–Crippen LogP) is 2.32. The molecule has 5 nitrogen and oxygen atoms in total. The molecule has 0 aliphatic rings. The van der Waals surface area contributed by atoms with Crippen LogP contribution in [0.25, 0.3) is 0 Å². The summed E-state index contributed by atoms with van der Waals surface area (Å²) in [6.45, 7) is 3.99. The Kier molecular flexibility index (Phi) is 5.68. The Morgan fingerprint density at radius 1 is 1.37 bits per heavy atom. The Morgan fingerprint density at radius 3 is 2.47 bits per heavy atom. The van der Waals surface area contributed by atoms with Crippen LogP contribution in [-0.2, 0) is 4.74 Å². The second-order valence-electron chi connectivity index (χ2n) is 3.86. The summed E-state index contributed by atoms with van der Waals surface area (Å²) in [6.07, 6.45) is 0. The van der Waals surface area contributed by atoms with Crippen molar-refractivity contribution in [1.82, 2.24) is 4.90 Å². The summed E-state index contributed by atoms with van der Waals surface area (Å²) in [5.74, 6) is 0.128. The van der Waals surface area contributed by atoms with Gasteiger partial charge in [0.05, 0.1) is 16.5 Å². The number of ether oxygens (including phenoxy) is 1. The van der Waals surface area contributed by atoms with Gasteiger partial charge in [0.2, 0.25) is 0 Å². The van der Waals surface area contributed by atoms with E-state index in [1.807, 2.05) is 6.92 Å². The van der Waals surface area contributed by atoms with E-state index in [1.165, 1.54) is 28.0 Å². The van der Waals surface area contributed by atoms with Crippen LogP contribution >= 0.6 is 23.1 Å². The molecule has 0 saturated heterocycles. The minimum atomic E-state index is -0.468. The molecular weight excluding hydrogens is 284 g/mol. The molecule has 1 heterocycles. The molecule has 0 radical (unpaired) electrons. The van der Waals surface area contributed by atoms with Gasteiger partial charge in [-0.3, -0.25) is 4.79 Å². The number of carbonyl (C=O) groups is 2. The van der Waals surface area contributed by atoms with Gasteiger partial charge in [-0.05, 0) is 12.7 Å². The lowest BCUT2D eigenvalue weighted by Crippen LogP contribution is -2.21. The minimum absolute atomic E-state index is 0.198. The van der Waals surface area contributed by atoms with Crippen LogP contribution < -0.4 is 5.73 Å². The largest absolute Gasteiger partial charge is 0.462 e. The Labute approximate surface area is 121 Å². The van der Waals surface area contributed by atoms with Crippen LogP contribution in [0.2, 0.25) is 0 Å². The molecule has 19 heavy (non-hydrogen) atoms. The summed E-state index contributed by atoms with van der Waals surface area (Å²) in [6, 6.07) is 0. The smallest absolute Gasteiger partial charge is 0.342 e. The maximum absolute atomic E-state index is 12.0. The van der Waals surface area contributed by atoms with E-state index in [4.69, 9.17) is 10.5 Å². The molecule has 0 bridgehead atoms. The molecule has 7 heteroatoms. The number of nitrogen functional groups attached to an aromatic ring is 1. The van der Waals surface area contributed by atoms with E-state index >= 15 is 0 Å². The van der Waals surface area contributed by atoms with Crippen molar-refractivity contribution in [2.75, 3.05) is 32.2 Å². The highest BCUT2D eigenvalue weighted by atomic mass is 32.2. The van der Waals surface area contributed by atoms with Gasteiger partial charge in [0.1, 0.15) is 10.4 Å². The number of carbonyl (C=O) groups excluding carboxylic acids is 2. The maximum Gasteiger partial charge on any atom is 0.342 e. The van der Waals surface area contributed by atoms with Crippen LogP contribution in [0, 0.1) is 0 Å². The molecule has 0 aliphatic heterocycles. The number of nitrogens with zero attached hydrogens (tertiary/aromatic N) is 1. The van der Waals surface area contributed by atoms with Crippen LogP contribution in [0.15, 0.2) is 4.21 Å². The van der Waals surface area contributed by atoms with Gasteiger partial charge in [-0.1, -0.05) is 6.92 Å². The number of hydrogen-bond donors (Lipinski definition) is 1. The van der Waals surface area contributed by atoms with Gasteiger partial charge >= 0.3 is 5.97 Å². The van der Waals surface area contributed by atoms with Gasteiger partial charge in [0.25, 0.3) is 5.91 Å². The summed E-state index contributed by atoms with van der Waals surface area (Å²) in [4.78, 5) is 25.8. The van der Waals surface area contributed by atoms with Crippen LogP contribution in [0.1, 0.15) is 33.9 Å². The zero-order valence-electron chi connectivity index (χ0n) is 11.5. The molecule has 1 amide bonds. The molecule has 1 rings (SSSR count). The molecule has 0 aliphatic carbocycles. The average molecular weight is 302 g/mol. The fraction of sp³-hybridized carbons (Fsp3) is 0.500. The third-order valence-corrected chi connectivity index (χ3v) is 4.61. The quantitative estimate of drug-likeness (QED) is 0.667. The fourth-order valence-electron chi connectivity index (χ4n) is 1.41. The Bertz CT molecular complexity index is 484. The summed E-state index contributed by atoms with van der Waals surface area (Å²) >= 11 is 2.73. The van der Waals surface area contributed by atoms with Gasteiger partial charge < -0.3 is 15.4 Å². The standard InChI is InChI=1S/C12H18N2O3S2/c1-5-17-11(16)7-8(13)9(10(15)14(3)4)19-12(7)18-6-2/h5-6,13H2,1-4H3. The molecule has 1 aromatic heterocycles. The average Bonchev–Trinajstić information content (AvgIpc) is 2.66. The summed E-state index contributed by atoms with van der Waals surface area (Å²) < 4.78 is 5.74. The lowest BCUT2D eigenvalue weighted by atomic mass is 10.2. The molecule has 1 aromatic rings. The van der Waals surface area contributed by atoms with Gasteiger partial charge in [0, 0.05) is 14.1 Å². The van der Waals surface area contributed by atoms with E-state index in [-0.39, 0.29) is 18.2 Å². The number of thioether (sulfide) groups is 1. The van der Waals surface area contributed by atoms with Crippen molar-refractivity contribution in [3.63, 3.8) is 0 Å². The number of rotatable bonds is 5. The van der Waals surface area contributed by atoms with E-state index in [0.717, 1.165) is 9.96 Å². The predicted molar refractivity (Wildman–Crippen MR) is 79.1 cm³/mol. The molecule has 0 atom stereocenters. The van der Waals surface area contributed by atoms with Gasteiger partial charge in [0.15, 0.2) is 0 Å². The first-order valence-electron chi connectivity index (χ1n) is 5.87. The second kappa shape index (κ2) is 6.81. The zero-order valence-corrected chi connectivity index (χ0v) is 13.1. The lowest BCUT2D eigenvalue weighted by Gasteiger charge is -2.09. The monoisotopic (exact) mass is 302 g/mol. The van der Waals surface area contributed by atoms with Crippen LogP contribution in [-0.4, -0.2) is 43.2 Å². The fourth-order valence-corrected chi connectivity index (χ4v) is 3.82. The number of thiophene rings is 1. The number of hydrogen-bond acceptors (Lipinski definition) is 6. The normalized spacial score (nSPS) is 10.3. The van der Waals surface area contributed by atoms with Crippen molar-refractivity contribution in [1.29, 1.82) is 0 Å². The molecule has 0 fully saturated rings. The molecule has 0 aromatic carbocycles. The van der Waals surface area contributed by atoms with Crippen LogP contribution in [0.4, 0.5) is 5.69 Å². The molecule has 0 unspecified atom stereocenters. The van der Waals surface area contributed by atoms with Crippen molar-refractivity contribution >= 4 is 40.7 Å². The lowest BCUT2D eigenvalue weighted by molar-refractivity contribution is 0.0524. The number of anilines is 1. The summed E-state index contributed by atoms with van der Waals surface area (Å²) in [5.41, 5.74) is 6.50. The van der Waals surface area contributed by atoms with E-state index in [1.54, 1.807) is 21.0 Å². The number of amides is 1. The maximum atomic E-state index is 12.0. The highest BCUT2D eigenvalue weighted by molar-refractivity contribution is 8.01. The van der Waals surface area contributed by atoms with Gasteiger partial charge in [-0.15, -0.1) is 23.1 Å². The van der Waals surface area contributed by atoms with Gasteiger partial charge in [-0.25, -0.2) is 4.79 Å². The highest BCUT2D eigenvalue weighted by Crippen LogP contribution is 2.39. The first-order chi connectivity index (χ1) is 8.93. The van der Waals surface area contributed by atoms with Gasteiger partial charge in [-0.2, -0.15) is 0 Å².